The summed E-state index contributed by atoms with van der Waals surface area (Å²) >= 11 is 5.88. The molecule has 3 heteroatoms. The molecule has 0 atom stereocenters. The number of nitrogen functional groups attached to an aromatic ring is 1. The zero-order chi connectivity index (χ0) is 10.7. The molecule has 2 nitrogen and oxygen atoms in total. The second-order valence-electron chi connectivity index (χ2n) is 4.13. The predicted molar refractivity (Wildman–Crippen MR) is 62.9 cm³/mol. The first-order valence-corrected chi connectivity index (χ1v) is 5.75. The summed E-state index contributed by atoms with van der Waals surface area (Å²) in [6.45, 7) is 1.40. The van der Waals surface area contributed by atoms with Gasteiger partial charge in [-0.05, 0) is 30.5 Å². The number of anilines is 1. The first-order valence-electron chi connectivity index (χ1n) is 5.37. The molecule has 1 aliphatic rings. The Labute approximate surface area is 95.4 Å². The van der Waals surface area contributed by atoms with Gasteiger partial charge in [0.2, 0.25) is 0 Å². The predicted octanol–water partition coefficient (Wildman–Crippen LogP) is 3.24. The molecule has 0 spiro atoms. The molecule has 2 rings (SSSR count). The van der Waals surface area contributed by atoms with Crippen molar-refractivity contribution in [2.45, 2.75) is 25.9 Å². The van der Waals surface area contributed by atoms with Crippen molar-refractivity contribution in [2.75, 3.05) is 12.3 Å². The minimum atomic E-state index is 0.569. The van der Waals surface area contributed by atoms with Gasteiger partial charge in [-0.15, -0.1) is 0 Å². The summed E-state index contributed by atoms with van der Waals surface area (Å²) in [4.78, 5) is 0. The lowest BCUT2D eigenvalue weighted by atomic mass is 10.2. The summed E-state index contributed by atoms with van der Waals surface area (Å²) in [5.74, 6) is 0.918. The van der Waals surface area contributed by atoms with Crippen molar-refractivity contribution in [3.63, 3.8) is 0 Å². The molecule has 0 aromatic heterocycles. The Bertz CT molecular complexity index is 336. The van der Waals surface area contributed by atoms with Crippen LogP contribution in [0.1, 0.15) is 24.8 Å². The van der Waals surface area contributed by atoms with Crippen LogP contribution in [0.25, 0.3) is 0 Å². The number of hydrogen-bond acceptors (Lipinski definition) is 2. The molecule has 15 heavy (non-hydrogen) atoms. The third-order valence-corrected chi connectivity index (χ3v) is 2.97. The molecule has 1 aliphatic carbocycles. The van der Waals surface area contributed by atoms with Gasteiger partial charge in [-0.25, -0.2) is 0 Å². The Morgan fingerprint density at radius 1 is 1.40 bits per heavy atom. The van der Waals surface area contributed by atoms with Crippen LogP contribution in [-0.2, 0) is 11.3 Å². The van der Waals surface area contributed by atoms with E-state index in [0.717, 1.165) is 23.8 Å². The zero-order valence-corrected chi connectivity index (χ0v) is 9.46. The number of benzene rings is 1. The summed E-state index contributed by atoms with van der Waals surface area (Å²) in [6, 6.07) is 5.49. The second-order valence-corrected chi connectivity index (χ2v) is 4.56. The molecule has 1 fully saturated rings. The van der Waals surface area contributed by atoms with Crippen LogP contribution >= 0.6 is 11.6 Å². The van der Waals surface area contributed by atoms with Gasteiger partial charge in [-0.2, -0.15) is 0 Å². The summed E-state index contributed by atoms with van der Waals surface area (Å²) in [5.41, 5.74) is 7.55. The van der Waals surface area contributed by atoms with E-state index in [2.05, 4.69) is 0 Å². The van der Waals surface area contributed by atoms with Gasteiger partial charge in [-0.3, -0.25) is 0 Å². The first-order chi connectivity index (χ1) is 7.25. The maximum Gasteiger partial charge on any atom is 0.0737 e. The Hall–Kier alpha value is -0.730. The topological polar surface area (TPSA) is 35.2 Å². The van der Waals surface area contributed by atoms with E-state index in [-0.39, 0.29) is 0 Å². The van der Waals surface area contributed by atoms with Crippen molar-refractivity contribution >= 4 is 17.3 Å². The molecule has 0 saturated heterocycles. The molecule has 0 radical (unpaired) electrons. The molecule has 1 aromatic carbocycles. The molecular weight excluding hydrogens is 210 g/mol. The maximum absolute atomic E-state index is 5.88. The van der Waals surface area contributed by atoms with Gasteiger partial charge >= 0.3 is 0 Å². The molecule has 1 aromatic rings. The average Bonchev–Trinajstić information content (AvgIpc) is 3.01. The number of rotatable bonds is 5. The van der Waals surface area contributed by atoms with E-state index in [4.69, 9.17) is 22.1 Å². The van der Waals surface area contributed by atoms with Crippen LogP contribution < -0.4 is 5.73 Å². The Morgan fingerprint density at radius 2 is 2.20 bits per heavy atom. The van der Waals surface area contributed by atoms with Crippen LogP contribution in [0.2, 0.25) is 5.02 Å². The van der Waals surface area contributed by atoms with Crippen LogP contribution in [0, 0.1) is 5.92 Å². The Morgan fingerprint density at radius 3 is 2.93 bits per heavy atom. The molecular formula is C12H16ClNO. The van der Waals surface area contributed by atoms with Gasteiger partial charge in [0.15, 0.2) is 0 Å². The van der Waals surface area contributed by atoms with E-state index in [1.165, 1.54) is 19.3 Å². The van der Waals surface area contributed by atoms with Crippen LogP contribution in [0.3, 0.4) is 0 Å². The number of hydrogen-bond donors (Lipinski definition) is 1. The first kappa shape index (κ1) is 10.8. The molecule has 0 aliphatic heterocycles. The van der Waals surface area contributed by atoms with Crippen molar-refractivity contribution in [3.8, 4) is 0 Å². The van der Waals surface area contributed by atoms with Crippen LogP contribution in [0.5, 0.6) is 0 Å². The molecule has 0 heterocycles. The molecule has 82 valence electrons. The minimum absolute atomic E-state index is 0.569. The lowest BCUT2D eigenvalue weighted by molar-refractivity contribution is 0.115. The largest absolute Gasteiger partial charge is 0.398 e. The van der Waals surface area contributed by atoms with E-state index in [0.29, 0.717) is 11.6 Å². The smallest absolute Gasteiger partial charge is 0.0737 e. The van der Waals surface area contributed by atoms with Gasteiger partial charge in [0.25, 0.3) is 0 Å². The van der Waals surface area contributed by atoms with Crippen LogP contribution in [0.4, 0.5) is 5.69 Å². The molecule has 0 bridgehead atoms. The third-order valence-electron chi connectivity index (χ3n) is 2.73. The fourth-order valence-electron chi connectivity index (χ4n) is 1.54. The van der Waals surface area contributed by atoms with Crippen LogP contribution in [-0.4, -0.2) is 6.61 Å². The van der Waals surface area contributed by atoms with E-state index in [1.807, 2.05) is 12.1 Å². The fourth-order valence-corrected chi connectivity index (χ4v) is 1.73. The standard InChI is InChI=1S/C12H16ClNO/c13-11-3-4-12(14)10(7-11)8-15-6-5-9-1-2-9/h3-4,7,9H,1-2,5-6,8,14H2. The summed E-state index contributed by atoms with van der Waals surface area (Å²) in [7, 11) is 0. The lowest BCUT2D eigenvalue weighted by Gasteiger charge is -2.07. The number of halogens is 1. The minimum Gasteiger partial charge on any atom is -0.398 e. The Balaban J connectivity index is 1.78. The summed E-state index contributed by atoms with van der Waals surface area (Å²) in [6.07, 6.45) is 3.94. The van der Waals surface area contributed by atoms with E-state index in [1.54, 1.807) is 6.07 Å². The fraction of sp³-hybridized carbons (Fsp3) is 0.500. The quantitative estimate of drug-likeness (QED) is 0.617. The maximum atomic E-state index is 5.88. The highest BCUT2D eigenvalue weighted by molar-refractivity contribution is 6.30. The third kappa shape index (κ3) is 3.40. The normalized spacial score (nSPS) is 15.5. The molecule has 0 unspecified atom stereocenters. The monoisotopic (exact) mass is 225 g/mol. The molecule has 2 N–H and O–H groups in total. The molecule has 1 saturated carbocycles. The highest BCUT2D eigenvalue weighted by atomic mass is 35.5. The van der Waals surface area contributed by atoms with E-state index < -0.39 is 0 Å². The van der Waals surface area contributed by atoms with Gasteiger partial charge in [0.1, 0.15) is 0 Å². The average molecular weight is 226 g/mol. The van der Waals surface area contributed by atoms with E-state index in [9.17, 15) is 0 Å². The van der Waals surface area contributed by atoms with Crippen molar-refractivity contribution in [3.05, 3.63) is 28.8 Å². The lowest BCUT2D eigenvalue weighted by Crippen LogP contribution is -2.00. The van der Waals surface area contributed by atoms with Crippen molar-refractivity contribution < 1.29 is 4.74 Å². The van der Waals surface area contributed by atoms with Crippen molar-refractivity contribution in [1.82, 2.24) is 0 Å². The zero-order valence-electron chi connectivity index (χ0n) is 8.71. The van der Waals surface area contributed by atoms with Crippen molar-refractivity contribution in [1.29, 1.82) is 0 Å². The van der Waals surface area contributed by atoms with Gasteiger partial charge < -0.3 is 10.5 Å². The SMILES string of the molecule is Nc1ccc(Cl)cc1COCCC1CC1. The molecule has 0 amide bonds. The highest BCUT2D eigenvalue weighted by Crippen LogP contribution is 2.32. The van der Waals surface area contributed by atoms with Gasteiger partial charge in [0, 0.05) is 22.9 Å². The second kappa shape index (κ2) is 4.86. The highest BCUT2D eigenvalue weighted by Gasteiger charge is 2.20. The number of nitrogens with two attached hydrogens (primary N) is 1. The summed E-state index contributed by atoms with van der Waals surface area (Å²) < 4.78 is 5.57. The van der Waals surface area contributed by atoms with Crippen molar-refractivity contribution in [2.24, 2.45) is 5.92 Å². The Kier molecular flexibility index (Phi) is 3.49. The number of ether oxygens (including phenoxy) is 1. The van der Waals surface area contributed by atoms with E-state index >= 15 is 0 Å². The van der Waals surface area contributed by atoms with Crippen LogP contribution in [0.15, 0.2) is 18.2 Å². The van der Waals surface area contributed by atoms with Gasteiger partial charge in [0.05, 0.1) is 6.61 Å². The van der Waals surface area contributed by atoms with Gasteiger partial charge in [-0.1, -0.05) is 24.4 Å². The summed E-state index contributed by atoms with van der Waals surface area (Å²) in [5, 5.41) is 0.713.